The van der Waals surface area contributed by atoms with Gasteiger partial charge >= 0.3 is 0 Å². The summed E-state index contributed by atoms with van der Waals surface area (Å²) in [7, 11) is 0. The van der Waals surface area contributed by atoms with Crippen LogP contribution in [0.1, 0.15) is 58.3 Å². The number of nitrogens with zero attached hydrogens (tertiary/aromatic N) is 2. The predicted molar refractivity (Wildman–Crippen MR) is 103 cm³/mol. The van der Waals surface area contributed by atoms with Gasteiger partial charge in [0.15, 0.2) is 11.4 Å². The molecule has 6 nitrogen and oxygen atoms in total. The number of benzene rings is 1. The topological polar surface area (TPSA) is 79.4 Å². The molecule has 2 saturated heterocycles. The van der Waals surface area contributed by atoms with Gasteiger partial charge in [-0.05, 0) is 42.9 Å². The monoisotopic (exact) mass is 419 g/mol. The van der Waals surface area contributed by atoms with Gasteiger partial charge in [0.25, 0.3) is 0 Å². The van der Waals surface area contributed by atoms with Crippen LogP contribution in [-0.4, -0.2) is 36.2 Å². The SMILES string of the molecule is O=Cc1cnc(N2CCC(c3cc(F)c(C4CCC(=O)NC4=O)c(F)c3)CC2)s1. The zero-order valence-corrected chi connectivity index (χ0v) is 16.3. The first-order valence-electron chi connectivity index (χ1n) is 9.44. The molecule has 1 atom stereocenters. The van der Waals surface area contributed by atoms with E-state index in [-0.39, 0.29) is 24.3 Å². The van der Waals surface area contributed by atoms with E-state index in [0.717, 1.165) is 11.4 Å². The number of thiazole rings is 1. The van der Waals surface area contributed by atoms with Gasteiger partial charge in [-0.15, -0.1) is 0 Å². The lowest BCUT2D eigenvalue weighted by Crippen LogP contribution is -2.40. The number of amides is 2. The number of carbonyl (C=O) groups is 3. The van der Waals surface area contributed by atoms with E-state index in [2.05, 4.69) is 15.2 Å². The average molecular weight is 419 g/mol. The number of aldehydes is 1. The van der Waals surface area contributed by atoms with E-state index in [4.69, 9.17) is 0 Å². The molecule has 0 saturated carbocycles. The Balaban J connectivity index is 1.48. The lowest BCUT2D eigenvalue weighted by molar-refractivity contribution is -0.134. The first-order chi connectivity index (χ1) is 14.0. The summed E-state index contributed by atoms with van der Waals surface area (Å²) in [6.07, 6.45) is 3.88. The third-order valence-corrected chi connectivity index (χ3v) is 6.54. The fourth-order valence-corrected chi connectivity index (χ4v) is 4.80. The number of piperidine rings is 2. The van der Waals surface area contributed by atoms with E-state index in [9.17, 15) is 23.2 Å². The summed E-state index contributed by atoms with van der Waals surface area (Å²) in [5.74, 6) is -3.55. The van der Waals surface area contributed by atoms with Crippen molar-refractivity contribution in [1.82, 2.24) is 10.3 Å². The maximum Gasteiger partial charge on any atom is 0.234 e. The molecule has 1 unspecified atom stereocenters. The molecular formula is C20H19F2N3O3S. The number of halogens is 2. The fraction of sp³-hybridized carbons (Fsp3) is 0.400. The Labute approximate surface area is 169 Å². The van der Waals surface area contributed by atoms with Gasteiger partial charge in [-0.2, -0.15) is 0 Å². The van der Waals surface area contributed by atoms with Gasteiger partial charge in [-0.1, -0.05) is 11.3 Å². The summed E-state index contributed by atoms with van der Waals surface area (Å²) in [5.41, 5.74) is 0.309. The van der Waals surface area contributed by atoms with Gasteiger partial charge in [0.05, 0.1) is 17.0 Å². The Morgan fingerprint density at radius 3 is 2.41 bits per heavy atom. The maximum atomic E-state index is 14.7. The Kier molecular flexibility index (Phi) is 5.40. The van der Waals surface area contributed by atoms with Crippen LogP contribution in [-0.2, 0) is 9.59 Å². The van der Waals surface area contributed by atoms with Crippen LogP contribution >= 0.6 is 11.3 Å². The van der Waals surface area contributed by atoms with Crippen LogP contribution in [0.5, 0.6) is 0 Å². The van der Waals surface area contributed by atoms with E-state index in [1.54, 1.807) is 0 Å². The largest absolute Gasteiger partial charge is 0.348 e. The minimum absolute atomic E-state index is 0.00318. The van der Waals surface area contributed by atoms with Crippen molar-refractivity contribution in [1.29, 1.82) is 0 Å². The van der Waals surface area contributed by atoms with Crippen molar-refractivity contribution in [3.05, 3.63) is 46.0 Å². The van der Waals surface area contributed by atoms with Crippen LogP contribution in [0.15, 0.2) is 18.3 Å². The van der Waals surface area contributed by atoms with Crippen LogP contribution in [0.3, 0.4) is 0 Å². The second-order valence-corrected chi connectivity index (χ2v) is 8.37. The summed E-state index contributed by atoms with van der Waals surface area (Å²) in [4.78, 5) is 41.0. The van der Waals surface area contributed by atoms with Crippen LogP contribution < -0.4 is 10.2 Å². The van der Waals surface area contributed by atoms with Crippen molar-refractivity contribution in [3.63, 3.8) is 0 Å². The highest BCUT2D eigenvalue weighted by Gasteiger charge is 2.33. The molecule has 0 aliphatic carbocycles. The molecule has 2 aliphatic heterocycles. The second-order valence-electron chi connectivity index (χ2n) is 7.33. The molecule has 152 valence electrons. The summed E-state index contributed by atoms with van der Waals surface area (Å²) in [6, 6.07) is 2.63. The number of hydrogen-bond acceptors (Lipinski definition) is 6. The van der Waals surface area contributed by atoms with E-state index in [0.29, 0.717) is 36.4 Å². The number of nitrogens with one attached hydrogen (secondary N) is 1. The molecule has 0 spiro atoms. The lowest BCUT2D eigenvalue weighted by atomic mass is 9.85. The smallest absolute Gasteiger partial charge is 0.234 e. The number of hydrogen-bond donors (Lipinski definition) is 1. The Morgan fingerprint density at radius 2 is 1.83 bits per heavy atom. The Bertz CT molecular complexity index is 947. The standard InChI is InChI=1S/C20H19F2N3O3S/c21-15-7-12(8-16(22)18(15)14-1-2-17(27)24-19(14)28)11-3-5-25(6-4-11)20-23-9-13(10-26)29-20/h7-11,14H,1-6H2,(H,24,27,28). The molecule has 3 heterocycles. The highest BCUT2D eigenvalue weighted by Crippen LogP contribution is 2.36. The molecule has 2 aromatic rings. The minimum Gasteiger partial charge on any atom is -0.348 e. The molecule has 2 aliphatic rings. The van der Waals surface area contributed by atoms with Gasteiger partial charge in [-0.3, -0.25) is 19.7 Å². The third-order valence-electron chi connectivity index (χ3n) is 5.55. The molecule has 4 rings (SSSR count). The zero-order valence-electron chi connectivity index (χ0n) is 15.5. The summed E-state index contributed by atoms with van der Waals surface area (Å²) < 4.78 is 29.5. The number of imide groups is 1. The number of anilines is 1. The first kappa shape index (κ1) is 19.6. The molecule has 2 amide bonds. The van der Waals surface area contributed by atoms with Crippen molar-refractivity contribution in [2.75, 3.05) is 18.0 Å². The highest BCUT2D eigenvalue weighted by atomic mass is 32.1. The molecule has 2 fully saturated rings. The Hall–Kier alpha value is -2.68. The van der Waals surface area contributed by atoms with Crippen molar-refractivity contribution in [2.24, 2.45) is 0 Å². The molecule has 29 heavy (non-hydrogen) atoms. The molecule has 1 aromatic carbocycles. The fourth-order valence-electron chi connectivity index (χ4n) is 4.02. The number of rotatable bonds is 4. The van der Waals surface area contributed by atoms with Gasteiger partial charge in [-0.25, -0.2) is 13.8 Å². The molecular weight excluding hydrogens is 400 g/mol. The van der Waals surface area contributed by atoms with Crippen molar-refractivity contribution in [2.45, 2.75) is 37.5 Å². The molecule has 1 aromatic heterocycles. The van der Waals surface area contributed by atoms with Gasteiger partial charge in [0, 0.05) is 25.1 Å². The quantitative estimate of drug-likeness (QED) is 0.609. The Morgan fingerprint density at radius 1 is 1.14 bits per heavy atom. The number of aromatic nitrogens is 1. The van der Waals surface area contributed by atoms with Gasteiger partial charge in [0.2, 0.25) is 11.8 Å². The van der Waals surface area contributed by atoms with Gasteiger partial charge in [0.1, 0.15) is 11.6 Å². The van der Waals surface area contributed by atoms with Crippen molar-refractivity contribution in [3.8, 4) is 0 Å². The molecule has 1 N–H and O–H groups in total. The van der Waals surface area contributed by atoms with Crippen LogP contribution in [0.4, 0.5) is 13.9 Å². The van der Waals surface area contributed by atoms with Crippen LogP contribution in [0, 0.1) is 11.6 Å². The summed E-state index contributed by atoms with van der Waals surface area (Å²) in [5, 5.41) is 2.92. The lowest BCUT2D eigenvalue weighted by Gasteiger charge is -2.32. The van der Waals surface area contributed by atoms with Crippen LogP contribution in [0.25, 0.3) is 0 Å². The van der Waals surface area contributed by atoms with E-state index >= 15 is 0 Å². The summed E-state index contributed by atoms with van der Waals surface area (Å²) in [6.45, 7) is 1.35. The highest BCUT2D eigenvalue weighted by molar-refractivity contribution is 7.17. The van der Waals surface area contributed by atoms with Crippen molar-refractivity contribution >= 4 is 34.6 Å². The van der Waals surface area contributed by atoms with Gasteiger partial charge < -0.3 is 4.90 Å². The minimum atomic E-state index is -0.986. The average Bonchev–Trinajstić information content (AvgIpc) is 3.18. The van der Waals surface area contributed by atoms with E-state index in [1.165, 1.54) is 29.7 Å². The molecule has 9 heteroatoms. The normalized spacial score (nSPS) is 20.6. The predicted octanol–water partition coefficient (Wildman–Crippen LogP) is 3.14. The maximum absolute atomic E-state index is 14.7. The third kappa shape index (κ3) is 3.91. The summed E-state index contributed by atoms with van der Waals surface area (Å²) >= 11 is 1.32. The molecule has 0 bridgehead atoms. The second kappa shape index (κ2) is 7.98. The number of carbonyl (C=O) groups excluding carboxylic acids is 3. The van der Waals surface area contributed by atoms with E-state index < -0.39 is 29.4 Å². The zero-order chi connectivity index (χ0) is 20.5. The van der Waals surface area contributed by atoms with Crippen molar-refractivity contribution < 1.29 is 23.2 Å². The first-order valence-corrected chi connectivity index (χ1v) is 10.3. The van der Waals surface area contributed by atoms with Crippen LogP contribution in [0.2, 0.25) is 0 Å². The van der Waals surface area contributed by atoms with E-state index in [1.807, 2.05) is 0 Å². The molecule has 0 radical (unpaired) electrons.